The molecule has 138 valence electrons. The lowest BCUT2D eigenvalue weighted by Crippen LogP contribution is -2.51. The maximum Gasteiger partial charge on any atom is 0.241 e. The van der Waals surface area contributed by atoms with Gasteiger partial charge in [0.05, 0.1) is 11.6 Å². The Kier molecular flexibility index (Phi) is 5.03. The molecule has 5 nitrogen and oxygen atoms in total. The van der Waals surface area contributed by atoms with Crippen LogP contribution in [0.5, 0.6) is 0 Å². The fraction of sp³-hybridized carbons (Fsp3) is 0.421. The summed E-state index contributed by atoms with van der Waals surface area (Å²) in [5.74, 6) is 0.106. The van der Waals surface area contributed by atoms with Gasteiger partial charge in [0.2, 0.25) is 5.91 Å². The largest absolute Gasteiger partial charge is 0.385 e. The Labute approximate surface area is 161 Å². The van der Waals surface area contributed by atoms with Crippen molar-refractivity contribution in [1.29, 1.82) is 0 Å². The number of nitrogens with one attached hydrogen (secondary N) is 2. The average molecular weight is 392 g/mol. The van der Waals surface area contributed by atoms with Crippen LogP contribution in [0, 0.1) is 0 Å². The third-order valence-electron chi connectivity index (χ3n) is 5.37. The SMILES string of the molecule is O=C(C1CC(c2cccs2)NN1)N1CCC(O)(c2ccc(Cl)cc2)CC1. The molecule has 3 N–H and O–H groups in total. The van der Waals surface area contributed by atoms with E-state index in [9.17, 15) is 9.90 Å². The van der Waals surface area contributed by atoms with Crippen LogP contribution in [0.15, 0.2) is 41.8 Å². The zero-order valence-electron chi connectivity index (χ0n) is 14.3. The summed E-state index contributed by atoms with van der Waals surface area (Å²) in [7, 11) is 0. The predicted octanol–water partition coefficient (Wildman–Crippen LogP) is 2.82. The predicted molar refractivity (Wildman–Crippen MR) is 103 cm³/mol. The third kappa shape index (κ3) is 3.52. The molecule has 0 saturated carbocycles. The summed E-state index contributed by atoms with van der Waals surface area (Å²) < 4.78 is 0. The molecule has 2 saturated heterocycles. The van der Waals surface area contributed by atoms with Gasteiger partial charge < -0.3 is 10.0 Å². The maximum atomic E-state index is 12.8. The Balaban J connectivity index is 1.36. The molecule has 2 aliphatic rings. The molecule has 4 rings (SSSR count). The Morgan fingerprint density at radius 1 is 1.19 bits per heavy atom. The molecule has 7 heteroatoms. The van der Waals surface area contributed by atoms with E-state index >= 15 is 0 Å². The summed E-state index contributed by atoms with van der Waals surface area (Å²) in [5, 5.41) is 13.7. The molecule has 2 atom stereocenters. The Morgan fingerprint density at radius 3 is 2.58 bits per heavy atom. The average Bonchev–Trinajstić information content (AvgIpc) is 3.34. The first kappa shape index (κ1) is 17.9. The van der Waals surface area contributed by atoms with Crippen LogP contribution in [0.1, 0.15) is 35.7 Å². The monoisotopic (exact) mass is 391 g/mol. The molecule has 1 aromatic heterocycles. The first-order valence-electron chi connectivity index (χ1n) is 8.87. The molecular weight excluding hydrogens is 370 g/mol. The number of rotatable bonds is 3. The normalized spacial score (nSPS) is 25.4. The Hall–Kier alpha value is -1.44. The lowest BCUT2D eigenvalue weighted by Gasteiger charge is -2.39. The second-order valence-corrected chi connectivity index (χ2v) is 8.42. The first-order chi connectivity index (χ1) is 12.5. The van der Waals surface area contributed by atoms with Gasteiger partial charge in [-0.3, -0.25) is 4.79 Å². The van der Waals surface area contributed by atoms with Crippen LogP contribution in [0.3, 0.4) is 0 Å². The van der Waals surface area contributed by atoms with E-state index in [0.717, 1.165) is 12.0 Å². The number of hydrogen-bond acceptors (Lipinski definition) is 5. The van der Waals surface area contributed by atoms with Crippen LogP contribution in [0.4, 0.5) is 0 Å². The number of amides is 1. The second-order valence-electron chi connectivity index (χ2n) is 7.01. The smallest absolute Gasteiger partial charge is 0.241 e. The van der Waals surface area contributed by atoms with E-state index < -0.39 is 5.60 Å². The van der Waals surface area contributed by atoms with E-state index in [4.69, 9.17) is 11.6 Å². The lowest BCUT2D eigenvalue weighted by molar-refractivity contribution is -0.137. The van der Waals surface area contributed by atoms with Gasteiger partial charge in [-0.1, -0.05) is 29.8 Å². The van der Waals surface area contributed by atoms with Gasteiger partial charge in [-0.25, -0.2) is 10.9 Å². The van der Waals surface area contributed by atoms with Gasteiger partial charge in [-0.15, -0.1) is 11.3 Å². The summed E-state index contributed by atoms with van der Waals surface area (Å²) in [6.07, 6.45) is 1.82. The Bertz CT molecular complexity index is 758. The highest BCUT2D eigenvalue weighted by Crippen LogP contribution is 2.34. The van der Waals surface area contributed by atoms with Crippen molar-refractivity contribution in [1.82, 2.24) is 15.8 Å². The third-order valence-corrected chi connectivity index (χ3v) is 6.61. The molecular formula is C19H22ClN3O2S. The van der Waals surface area contributed by atoms with Crippen molar-refractivity contribution >= 4 is 28.8 Å². The zero-order chi connectivity index (χ0) is 18.1. The fourth-order valence-corrected chi connectivity index (χ4v) is 4.68. The molecule has 1 aromatic carbocycles. The number of thiophene rings is 1. The minimum Gasteiger partial charge on any atom is -0.385 e. The number of aliphatic hydroxyl groups is 1. The first-order valence-corrected chi connectivity index (χ1v) is 10.1. The zero-order valence-corrected chi connectivity index (χ0v) is 15.9. The molecule has 1 amide bonds. The highest BCUT2D eigenvalue weighted by atomic mass is 35.5. The van der Waals surface area contributed by atoms with Crippen molar-refractivity contribution in [3.05, 3.63) is 57.2 Å². The topological polar surface area (TPSA) is 64.6 Å². The lowest BCUT2D eigenvalue weighted by atomic mass is 9.84. The minimum absolute atomic E-state index is 0.106. The summed E-state index contributed by atoms with van der Waals surface area (Å²) in [6.45, 7) is 1.11. The van der Waals surface area contributed by atoms with Gasteiger partial charge in [0.1, 0.15) is 6.04 Å². The molecule has 0 aliphatic carbocycles. The molecule has 0 bridgehead atoms. The summed E-state index contributed by atoms with van der Waals surface area (Å²) in [4.78, 5) is 15.9. The molecule has 0 radical (unpaired) electrons. The van der Waals surface area contributed by atoms with Crippen molar-refractivity contribution in [3.63, 3.8) is 0 Å². The number of hydrazine groups is 1. The van der Waals surface area contributed by atoms with E-state index in [-0.39, 0.29) is 18.0 Å². The van der Waals surface area contributed by atoms with E-state index in [1.54, 1.807) is 23.5 Å². The molecule has 2 unspecified atom stereocenters. The van der Waals surface area contributed by atoms with E-state index in [1.165, 1.54) is 4.88 Å². The molecule has 2 aromatic rings. The number of carbonyl (C=O) groups is 1. The minimum atomic E-state index is -0.887. The maximum absolute atomic E-state index is 12.8. The van der Waals surface area contributed by atoms with Crippen LogP contribution in [-0.2, 0) is 10.4 Å². The Morgan fingerprint density at radius 2 is 1.92 bits per heavy atom. The van der Waals surface area contributed by atoms with Gasteiger partial charge in [-0.05, 0) is 48.4 Å². The van der Waals surface area contributed by atoms with Crippen molar-refractivity contribution in [3.8, 4) is 0 Å². The fourth-order valence-electron chi connectivity index (χ4n) is 3.76. The van der Waals surface area contributed by atoms with E-state index in [2.05, 4.69) is 16.9 Å². The quantitative estimate of drug-likeness (QED) is 0.752. The van der Waals surface area contributed by atoms with Crippen LogP contribution >= 0.6 is 22.9 Å². The van der Waals surface area contributed by atoms with Gasteiger partial charge in [-0.2, -0.15) is 0 Å². The number of benzene rings is 1. The molecule has 2 aliphatic heterocycles. The summed E-state index contributed by atoms with van der Waals surface area (Å²) >= 11 is 7.63. The van der Waals surface area contributed by atoms with Crippen LogP contribution in [0.25, 0.3) is 0 Å². The van der Waals surface area contributed by atoms with Crippen molar-refractivity contribution in [2.75, 3.05) is 13.1 Å². The molecule has 2 fully saturated rings. The number of carbonyl (C=O) groups excluding carboxylic acids is 1. The number of piperidine rings is 1. The van der Waals surface area contributed by atoms with Gasteiger partial charge in [0, 0.05) is 23.0 Å². The van der Waals surface area contributed by atoms with Gasteiger partial charge in [0.25, 0.3) is 0 Å². The van der Waals surface area contributed by atoms with Crippen LogP contribution < -0.4 is 10.9 Å². The highest BCUT2D eigenvalue weighted by molar-refractivity contribution is 7.10. The van der Waals surface area contributed by atoms with Crippen LogP contribution in [0.2, 0.25) is 5.02 Å². The highest BCUT2D eigenvalue weighted by Gasteiger charge is 2.39. The van der Waals surface area contributed by atoms with Crippen molar-refractivity contribution in [2.24, 2.45) is 0 Å². The van der Waals surface area contributed by atoms with Gasteiger partial charge >= 0.3 is 0 Å². The van der Waals surface area contributed by atoms with E-state index in [0.29, 0.717) is 31.0 Å². The van der Waals surface area contributed by atoms with Gasteiger partial charge in [0.15, 0.2) is 0 Å². The molecule has 26 heavy (non-hydrogen) atoms. The second kappa shape index (κ2) is 7.29. The van der Waals surface area contributed by atoms with Crippen molar-refractivity contribution in [2.45, 2.75) is 36.9 Å². The van der Waals surface area contributed by atoms with Crippen molar-refractivity contribution < 1.29 is 9.90 Å². The van der Waals surface area contributed by atoms with Crippen LogP contribution in [-0.4, -0.2) is 35.0 Å². The number of nitrogens with zero attached hydrogens (tertiary/aromatic N) is 1. The number of hydrogen-bond donors (Lipinski definition) is 3. The summed E-state index contributed by atoms with van der Waals surface area (Å²) in [5.41, 5.74) is 6.35. The molecule has 0 spiro atoms. The summed E-state index contributed by atoms with van der Waals surface area (Å²) in [6, 6.07) is 11.4. The number of likely N-dealkylation sites (tertiary alicyclic amines) is 1. The number of halogens is 1. The molecule has 3 heterocycles. The van der Waals surface area contributed by atoms with E-state index in [1.807, 2.05) is 28.5 Å². The standard InChI is InChI=1S/C19H22ClN3O2S/c20-14-5-3-13(4-6-14)19(25)7-9-23(10-8-19)18(24)16-12-15(21-22-16)17-2-1-11-26-17/h1-6,11,15-16,21-22,25H,7-10,12H2.